The molecule has 100 valence electrons. The molecule has 0 N–H and O–H groups in total. The first-order valence-electron chi connectivity index (χ1n) is 4.28. The third kappa shape index (κ3) is 9.02. The van der Waals surface area contributed by atoms with E-state index in [0.29, 0.717) is 0 Å². The van der Waals surface area contributed by atoms with Gasteiger partial charge in [0.15, 0.2) is 0 Å². The van der Waals surface area contributed by atoms with Gasteiger partial charge in [-0.3, -0.25) is 4.57 Å². The summed E-state index contributed by atoms with van der Waals surface area (Å²) in [4.78, 5) is 0. The molecule has 17 heavy (non-hydrogen) atoms. The molecular weight excluding hydrogens is 270 g/mol. The second-order valence-corrected chi connectivity index (χ2v) is 4.75. The van der Waals surface area contributed by atoms with Crippen molar-refractivity contribution in [2.24, 2.45) is 0 Å². The van der Waals surface area contributed by atoms with E-state index in [4.69, 9.17) is 0 Å². The molecule has 0 aliphatic rings. The van der Waals surface area contributed by atoms with E-state index in [1.165, 1.54) is 0 Å². The maximum absolute atomic E-state index is 12.1. The standard InChI is InChI=1S/C8H10F5O3P/c9-3-1-5-15-17(14,7-8(11,12)13)16-6-2-4-10/h1-4H,5-7H2. The van der Waals surface area contributed by atoms with Crippen molar-refractivity contribution in [2.75, 3.05) is 19.4 Å². The number of alkyl halides is 3. The van der Waals surface area contributed by atoms with Crippen molar-refractivity contribution in [2.45, 2.75) is 6.18 Å². The molecule has 3 nitrogen and oxygen atoms in total. The maximum Gasteiger partial charge on any atom is 0.400 e. The highest BCUT2D eigenvalue weighted by Gasteiger charge is 2.41. The van der Waals surface area contributed by atoms with Gasteiger partial charge in [-0.2, -0.15) is 13.2 Å². The monoisotopic (exact) mass is 280 g/mol. The van der Waals surface area contributed by atoms with E-state index in [0.717, 1.165) is 12.2 Å². The van der Waals surface area contributed by atoms with Gasteiger partial charge in [0.2, 0.25) is 0 Å². The third-order valence-electron chi connectivity index (χ3n) is 1.29. The van der Waals surface area contributed by atoms with Crippen molar-refractivity contribution in [1.82, 2.24) is 0 Å². The van der Waals surface area contributed by atoms with Crippen LogP contribution in [-0.2, 0) is 13.6 Å². The topological polar surface area (TPSA) is 35.5 Å². The SMILES string of the molecule is O=P(CC(F)(F)F)(OCC=CF)OCC=CF. The summed E-state index contributed by atoms with van der Waals surface area (Å²) in [5.41, 5.74) is 0. The van der Waals surface area contributed by atoms with Crippen LogP contribution in [-0.4, -0.2) is 25.6 Å². The second kappa shape index (κ2) is 7.58. The first kappa shape index (κ1) is 16.3. The van der Waals surface area contributed by atoms with E-state index in [9.17, 15) is 26.5 Å². The zero-order valence-corrected chi connectivity index (χ0v) is 9.39. The largest absolute Gasteiger partial charge is 0.400 e. The van der Waals surface area contributed by atoms with Crippen LogP contribution in [0.3, 0.4) is 0 Å². The van der Waals surface area contributed by atoms with Crippen molar-refractivity contribution in [1.29, 1.82) is 0 Å². The quantitative estimate of drug-likeness (QED) is 0.526. The molecule has 0 aliphatic heterocycles. The van der Waals surface area contributed by atoms with E-state index in [2.05, 4.69) is 9.05 Å². The van der Waals surface area contributed by atoms with E-state index < -0.39 is 33.1 Å². The molecule has 0 aromatic rings. The molecule has 0 amide bonds. The molecule has 0 radical (unpaired) electrons. The molecule has 9 heteroatoms. The van der Waals surface area contributed by atoms with Crippen LogP contribution in [0.25, 0.3) is 0 Å². The fourth-order valence-electron chi connectivity index (χ4n) is 0.734. The van der Waals surface area contributed by atoms with Crippen LogP contribution >= 0.6 is 7.60 Å². The van der Waals surface area contributed by atoms with Gasteiger partial charge in [0.1, 0.15) is 6.16 Å². The number of halogens is 5. The Balaban J connectivity index is 4.50. The van der Waals surface area contributed by atoms with Crippen LogP contribution < -0.4 is 0 Å². The fraction of sp³-hybridized carbons (Fsp3) is 0.500. The summed E-state index contributed by atoms with van der Waals surface area (Å²) in [6.45, 7) is -1.27. The Morgan fingerprint density at radius 3 is 1.71 bits per heavy atom. The zero-order chi connectivity index (χ0) is 13.4. The molecule has 0 atom stereocenters. The van der Waals surface area contributed by atoms with Gasteiger partial charge in [-0.15, -0.1) is 0 Å². The van der Waals surface area contributed by atoms with Gasteiger partial charge in [0.25, 0.3) is 0 Å². The Kier molecular flexibility index (Phi) is 7.26. The minimum absolute atomic E-state index is 0.0272. The van der Waals surface area contributed by atoms with Crippen molar-refractivity contribution in [3.63, 3.8) is 0 Å². The molecule has 0 heterocycles. The normalized spacial score (nSPS) is 16.8. The van der Waals surface area contributed by atoms with Gasteiger partial charge < -0.3 is 9.05 Å². The van der Waals surface area contributed by atoms with Gasteiger partial charge in [0, 0.05) is 0 Å². The Morgan fingerprint density at radius 1 is 1.00 bits per heavy atom. The highest BCUT2D eigenvalue weighted by Crippen LogP contribution is 2.51. The van der Waals surface area contributed by atoms with Gasteiger partial charge >= 0.3 is 13.8 Å². The molecule has 0 aromatic heterocycles. The number of hydrogen-bond acceptors (Lipinski definition) is 3. The Labute approximate surface area is 94.4 Å². The summed E-state index contributed by atoms with van der Waals surface area (Å²) in [6.07, 6.45) is -5.10. The van der Waals surface area contributed by atoms with E-state index in [1.54, 1.807) is 0 Å². The fourth-order valence-corrected chi connectivity index (χ4v) is 2.06. The Hall–Kier alpha value is -0.720. The lowest BCUT2D eigenvalue weighted by Crippen LogP contribution is -2.17. The van der Waals surface area contributed by atoms with E-state index in [1.807, 2.05) is 0 Å². The maximum atomic E-state index is 12.1. The number of hydrogen-bond donors (Lipinski definition) is 0. The lowest BCUT2D eigenvalue weighted by Gasteiger charge is -2.18. The van der Waals surface area contributed by atoms with Crippen molar-refractivity contribution >= 4 is 7.60 Å². The van der Waals surface area contributed by atoms with Crippen molar-refractivity contribution in [3.8, 4) is 0 Å². The van der Waals surface area contributed by atoms with Crippen LogP contribution in [0, 0.1) is 0 Å². The molecule has 0 spiro atoms. The van der Waals surface area contributed by atoms with Gasteiger partial charge in [0.05, 0.1) is 25.9 Å². The molecule has 0 saturated carbocycles. The number of rotatable bonds is 7. The lowest BCUT2D eigenvalue weighted by atomic mass is 10.7. The van der Waals surface area contributed by atoms with Crippen LogP contribution in [0.1, 0.15) is 0 Å². The van der Waals surface area contributed by atoms with Crippen LogP contribution in [0.4, 0.5) is 22.0 Å². The van der Waals surface area contributed by atoms with E-state index >= 15 is 0 Å². The van der Waals surface area contributed by atoms with Crippen LogP contribution in [0.5, 0.6) is 0 Å². The molecular formula is C8H10F5O3P. The molecule has 0 saturated heterocycles. The third-order valence-corrected chi connectivity index (χ3v) is 3.12. The van der Waals surface area contributed by atoms with Crippen LogP contribution in [0.2, 0.25) is 0 Å². The molecule has 0 aromatic carbocycles. The summed E-state index contributed by atoms with van der Waals surface area (Å²) in [6, 6.07) is 0. The molecule has 0 aliphatic carbocycles. The second-order valence-electron chi connectivity index (χ2n) is 2.70. The molecule has 0 unspecified atom stereocenters. The van der Waals surface area contributed by atoms with Crippen LogP contribution in [0.15, 0.2) is 24.8 Å². The average Bonchev–Trinajstić information content (AvgIpc) is 2.15. The highest BCUT2D eigenvalue weighted by atomic mass is 31.2. The predicted molar refractivity (Wildman–Crippen MR) is 50.9 cm³/mol. The average molecular weight is 280 g/mol. The summed E-state index contributed by atoms with van der Waals surface area (Å²) < 4.78 is 79.4. The molecule has 0 bridgehead atoms. The predicted octanol–water partition coefficient (Wildman–Crippen LogP) is 3.74. The summed E-state index contributed by atoms with van der Waals surface area (Å²) in [5.74, 6) is 0. The Morgan fingerprint density at radius 2 is 1.41 bits per heavy atom. The van der Waals surface area contributed by atoms with Gasteiger partial charge in [-0.05, 0) is 12.2 Å². The minimum atomic E-state index is -4.77. The highest BCUT2D eigenvalue weighted by molar-refractivity contribution is 7.53. The lowest BCUT2D eigenvalue weighted by molar-refractivity contribution is -0.110. The van der Waals surface area contributed by atoms with E-state index in [-0.39, 0.29) is 12.7 Å². The minimum Gasteiger partial charge on any atom is -0.304 e. The summed E-state index contributed by atoms with van der Waals surface area (Å²) in [5, 5.41) is 0. The molecule has 0 rings (SSSR count). The van der Waals surface area contributed by atoms with Crippen molar-refractivity contribution < 1.29 is 35.6 Å². The zero-order valence-electron chi connectivity index (χ0n) is 8.49. The van der Waals surface area contributed by atoms with Crippen molar-refractivity contribution in [3.05, 3.63) is 24.8 Å². The first-order valence-corrected chi connectivity index (χ1v) is 6.01. The molecule has 0 fully saturated rings. The summed E-state index contributed by atoms with van der Waals surface area (Å²) in [7, 11) is -4.46. The summed E-state index contributed by atoms with van der Waals surface area (Å²) >= 11 is 0. The smallest absolute Gasteiger partial charge is 0.304 e. The van der Waals surface area contributed by atoms with Gasteiger partial charge in [-0.1, -0.05) is 0 Å². The Bertz CT molecular complexity index is 293. The first-order chi connectivity index (χ1) is 7.83. The van der Waals surface area contributed by atoms with Gasteiger partial charge in [-0.25, -0.2) is 8.78 Å².